The molecule has 8 nitrogen and oxygen atoms in total. The number of carbonyl (C=O) groups excluding carboxylic acids is 1. The third-order valence-electron chi connectivity index (χ3n) is 6.78. The zero-order chi connectivity index (χ0) is 27.2. The minimum Gasteiger partial charge on any atom is -0.493 e. The summed E-state index contributed by atoms with van der Waals surface area (Å²) >= 11 is 0. The van der Waals surface area contributed by atoms with E-state index in [2.05, 4.69) is 16.1 Å². The van der Waals surface area contributed by atoms with Gasteiger partial charge in [-0.15, -0.1) is 0 Å². The molecule has 0 N–H and O–H groups in total. The van der Waals surface area contributed by atoms with E-state index in [9.17, 15) is 4.79 Å². The highest BCUT2D eigenvalue weighted by Crippen LogP contribution is 2.31. The quantitative estimate of drug-likeness (QED) is 0.291. The molecule has 39 heavy (non-hydrogen) atoms. The number of benzene rings is 2. The molecular formula is C31H34N4O4. The molecule has 202 valence electrons. The minimum absolute atomic E-state index is 0.0233. The van der Waals surface area contributed by atoms with Crippen molar-refractivity contribution in [3.63, 3.8) is 0 Å². The van der Waals surface area contributed by atoms with Gasteiger partial charge >= 0.3 is 0 Å². The number of carbonyl (C=O) groups is 1. The van der Waals surface area contributed by atoms with E-state index in [-0.39, 0.29) is 12.0 Å². The van der Waals surface area contributed by atoms with Crippen molar-refractivity contribution in [3.05, 3.63) is 107 Å². The van der Waals surface area contributed by atoms with Gasteiger partial charge in [0.05, 0.1) is 32.6 Å². The molecule has 1 unspecified atom stereocenters. The van der Waals surface area contributed by atoms with Gasteiger partial charge in [0.1, 0.15) is 6.10 Å². The average Bonchev–Trinajstić information content (AvgIpc) is 3.57. The molecule has 5 rings (SSSR count). The molecule has 4 aromatic rings. The van der Waals surface area contributed by atoms with Crippen molar-refractivity contribution < 1.29 is 19.0 Å². The van der Waals surface area contributed by atoms with Crippen LogP contribution in [0.1, 0.15) is 44.9 Å². The number of methoxy groups -OCH3 is 1. The molecule has 1 aliphatic rings. The fourth-order valence-corrected chi connectivity index (χ4v) is 4.82. The first-order valence-electron chi connectivity index (χ1n) is 13.2. The fourth-order valence-electron chi connectivity index (χ4n) is 4.82. The van der Waals surface area contributed by atoms with Crippen LogP contribution in [-0.4, -0.2) is 52.0 Å². The molecule has 1 amide bonds. The number of nitrogens with zero attached hydrogens (tertiary/aromatic N) is 4. The van der Waals surface area contributed by atoms with Crippen LogP contribution in [0, 0.1) is 13.8 Å². The first-order valence-corrected chi connectivity index (χ1v) is 13.2. The van der Waals surface area contributed by atoms with Crippen molar-refractivity contribution in [1.29, 1.82) is 0 Å². The van der Waals surface area contributed by atoms with Gasteiger partial charge in [-0.1, -0.05) is 24.3 Å². The Balaban J connectivity index is 1.38. The number of aromatic nitrogens is 3. The van der Waals surface area contributed by atoms with Crippen molar-refractivity contribution in [3.8, 4) is 11.5 Å². The van der Waals surface area contributed by atoms with Gasteiger partial charge in [0.2, 0.25) is 0 Å². The second-order valence-electron chi connectivity index (χ2n) is 9.90. The van der Waals surface area contributed by atoms with Crippen molar-refractivity contribution in [2.45, 2.75) is 46.0 Å². The van der Waals surface area contributed by atoms with Gasteiger partial charge in [-0.05, 0) is 66.9 Å². The molecule has 1 fully saturated rings. The van der Waals surface area contributed by atoms with Crippen molar-refractivity contribution >= 4 is 5.91 Å². The third-order valence-corrected chi connectivity index (χ3v) is 6.78. The molecule has 2 aromatic carbocycles. The minimum atomic E-state index is -0.0588. The number of hydrogen-bond donors (Lipinski definition) is 0. The summed E-state index contributed by atoms with van der Waals surface area (Å²) in [6, 6.07) is 19.5. The SMILES string of the molecule is COc1cc(CN(Cc2cccnc2)C(=O)c2cccc(Cn3nc(C)cc3C)c2)ccc1OC1CCOC1. The molecule has 8 heteroatoms. The molecule has 0 spiro atoms. The van der Waals surface area contributed by atoms with E-state index in [4.69, 9.17) is 14.2 Å². The predicted molar refractivity (Wildman–Crippen MR) is 148 cm³/mol. The van der Waals surface area contributed by atoms with E-state index in [0.717, 1.165) is 34.5 Å². The Morgan fingerprint density at radius 1 is 1.03 bits per heavy atom. The van der Waals surface area contributed by atoms with Crippen molar-refractivity contribution in [2.24, 2.45) is 0 Å². The summed E-state index contributed by atoms with van der Waals surface area (Å²) in [6.07, 6.45) is 4.41. The Kier molecular flexibility index (Phi) is 8.22. The van der Waals surface area contributed by atoms with E-state index in [1.165, 1.54) is 0 Å². The summed E-state index contributed by atoms with van der Waals surface area (Å²) in [4.78, 5) is 20.0. The molecule has 3 heterocycles. The Labute approximate surface area is 229 Å². The largest absolute Gasteiger partial charge is 0.493 e. The first kappa shape index (κ1) is 26.4. The lowest BCUT2D eigenvalue weighted by Gasteiger charge is -2.24. The van der Waals surface area contributed by atoms with Crippen LogP contribution in [0.25, 0.3) is 0 Å². The van der Waals surface area contributed by atoms with E-state index < -0.39 is 0 Å². The lowest BCUT2D eigenvalue weighted by atomic mass is 10.1. The lowest BCUT2D eigenvalue weighted by Crippen LogP contribution is -2.30. The van der Waals surface area contributed by atoms with Crippen LogP contribution in [0.5, 0.6) is 11.5 Å². The Bertz CT molecular complexity index is 1410. The summed E-state index contributed by atoms with van der Waals surface area (Å²) in [5, 5.41) is 4.57. The maximum atomic E-state index is 13.9. The van der Waals surface area contributed by atoms with E-state index in [0.29, 0.717) is 49.9 Å². The van der Waals surface area contributed by atoms with Crippen LogP contribution < -0.4 is 9.47 Å². The number of hydrogen-bond acceptors (Lipinski definition) is 6. The van der Waals surface area contributed by atoms with E-state index in [1.54, 1.807) is 19.5 Å². The number of ether oxygens (including phenoxy) is 3. The molecular weight excluding hydrogens is 492 g/mol. The number of rotatable bonds is 10. The van der Waals surface area contributed by atoms with Crippen LogP contribution in [0.3, 0.4) is 0 Å². The van der Waals surface area contributed by atoms with Crippen LogP contribution in [0.2, 0.25) is 0 Å². The van der Waals surface area contributed by atoms with Gasteiger partial charge in [0.25, 0.3) is 5.91 Å². The average molecular weight is 527 g/mol. The second-order valence-corrected chi connectivity index (χ2v) is 9.90. The van der Waals surface area contributed by atoms with Crippen LogP contribution in [0.4, 0.5) is 0 Å². The third kappa shape index (κ3) is 6.64. The molecule has 0 saturated carbocycles. The summed E-state index contributed by atoms with van der Waals surface area (Å²) in [5.74, 6) is 1.26. The van der Waals surface area contributed by atoms with E-state index >= 15 is 0 Å². The topological polar surface area (TPSA) is 78.7 Å². The second kappa shape index (κ2) is 12.1. The molecule has 1 aliphatic heterocycles. The van der Waals surface area contributed by atoms with Gasteiger partial charge in [-0.3, -0.25) is 14.5 Å². The Morgan fingerprint density at radius 3 is 2.59 bits per heavy atom. The monoisotopic (exact) mass is 526 g/mol. The molecule has 0 aliphatic carbocycles. The maximum absolute atomic E-state index is 13.9. The standard InChI is InChI=1S/C31H34N4O4/c1-22-14-23(2)35(33-22)20-24-6-4-8-27(15-24)31(36)34(19-26-7-5-12-32-17-26)18-25-9-10-29(30(16-25)37-3)39-28-11-13-38-21-28/h4-10,12,14-17,28H,11,13,18-21H2,1-3H3. The zero-order valence-electron chi connectivity index (χ0n) is 22.7. The summed E-state index contributed by atoms with van der Waals surface area (Å²) in [7, 11) is 1.63. The number of pyridine rings is 1. The van der Waals surface area contributed by atoms with Crippen LogP contribution >= 0.6 is 0 Å². The van der Waals surface area contributed by atoms with Crippen LogP contribution in [-0.2, 0) is 24.4 Å². The summed E-state index contributed by atoms with van der Waals surface area (Å²) < 4.78 is 19.1. The van der Waals surface area contributed by atoms with Crippen molar-refractivity contribution in [1.82, 2.24) is 19.7 Å². The Hall–Kier alpha value is -4.17. The van der Waals surface area contributed by atoms with E-state index in [1.807, 2.05) is 78.0 Å². The van der Waals surface area contributed by atoms with Gasteiger partial charge in [0.15, 0.2) is 11.5 Å². The smallest absolute Gasteiger partial charge is 0.254 e. The fraction of sp³-hybridized carbons (Fsp3) is 0.323. The number of amides is 1. The Morgan fingerprint density at radius 2 is 1.87 bits per heavy atom. The first-order chi connectivity index (χ1) is 19.0. The summed E-state index contributed by atoms with van der Waals surface area (Å²) in [6.45, 7) is 6.74. The van der Waals surface area contributed by atoms with Gasteiger partial charge in [-0.2, -0.15) is 5.10 Å². The molecule has 0 bridgehead atoms. The molecule has 2 aromatic heterocycles. The number of aryl methyl sites for hydroxylation is 2. The zero-order valence-corrected chi connectivity index (χ0v) is 22.7. The highest BCUT2D eigenvalue weighted by Gasteiger charge is 2.21. The van der Waals surface area contributed by atoms with Gasteiger partial charge in [0, 0.05) is 43.2 Å². The molecule has 1 atom stereocenters. The molecule has 1 saturated heterocycles. The maximum Gasteiger partial charge on any atom is 0.254 e. The normalized spacial score (nSPS) is 14.8. The van der Waals surface area contributed by atoms with Gasteiger partial charge in [-0.25, -0.2) is 0 Å². The predicted octanol–water partition coefficient (Wildman–Crippen LogP) is 4.96. The van der Waals surface area contributed by atoms with Crippen LogP contribution in [0.15, 0.2) is 73.1 Å². The highest BCUT2D eigenvalue weighted by atomic mass is 16.6. The lowest BCUT2D eigenvalue weighted by molar-refractivity contribution is 0.0729. The van der Waals surface area contributed by atoms with Crippen molar-refractivity contribution in [2.75, 3.05) is 20.3 Å². The summed E-state index contributed by atoms with van der Waals surface area (Å²) in [5.41, 5.74) is 5.62. The molecule has 0 radical (unpaired) electrons. The highest BCUT2D eigenvalue weighted by molar-refractivity contribution is 5.94. The van der Waals surface area contributed by atoms with Gasteiger partial charge < -0.3 is 19.1 Å².